The number of rotatable bonds is 3. The number of hydrogen-bond donors (Lipinski definition) is 2. The Bertz CT molecular complexity index is 441. The molecular weight excluding hydrogens is 217 g/mol. The van der Waals surface area contributed by atoms with Gasteiger partial charge in [-0.25, -0.2) is 9.37 Å². The average molecular weight is 230 g/mol. The van der Waals surface area contributed by atoms with E-state index in [4.69, 9.17) is 5.73 Å². The Hall–Kier alpha value is -1.13. The lowest BCUT2D eigenvalue weighted by atomic mass is 10.3. The molecule has 0 aliphatic heterocycles. The van der Waals surface area contributed by atoms with Crippen LogP contribution in [0.2, 0.25) is 0 Å². The van der Waals surface area contributed by atoms with Gasteiger partial charge in [-0.3, -0.25) is 0 Å². The molecule has 82 valence electrons. The van der Waals surface area contributed by atoms with Crippen molar-refractivity contribution in [3.63, 3.8) is 0 Å². The first-order chi connectivity index (χ1) is 6.79. The largest absolute Gasteiger partial charge is 0.342 e. The van der Waals surface area contributed by atoms with Gasteiger partial charge in [0, 0.05) is 6.42 Å². The van der Waals surface area contributed by atoms with Crippen molar-refractivity contribution >= 4 is 23.4 Å². The lowest BCUT2D eigenvalue weighted by Crippen LogP contribution is -2.01. The number of fused-ring (bicyclic) bond motifs is 1. The Balaban J connectivity index is 0.00000112. The van der Waals surface area contributed by atoms with E-state index in [0.29, 0.717) is 6.54 Å². The number of hydrogen-bond acceptors (Lipinski definition) is 2. The van der Waals surface area contributed by atoms with Gasteiger partial charge in [0.1, 0.15) is 11.6 Å². The summed E-state index contributed by atoms with van der Waals surface area (Å²) in [6.45, 7) is 0.644. The van der Waals surface area contributed by atoms with Crippen molar-refractivity contribution in [3.8, 4) is 0 Å². The van der Waals surface area contributed by atoms with E-state index in [-0.39, 0.29) is 18.2 Å². The van der Waals surface area contributed by atoms with E-state index >= 15 is 0 Å². The molecule has 0 fully saturated rings. The molecule has 3 nitrogen and oxygen atoms in total. The lowest BCUT2D eigenvalue weighted by Gasteiger charge is -1.91. The van der Waals surface area contributed by atoms with Crippen molar-refractivity contribution in [1.82, 2.24) is 9.97 Å². The number of benzene rings is 1. The molecule has 0 radical (unpaired) electrons. The van der Waals surface area contributed by atoms with E-state index in [1.54, 1.807) is 6.07 Å². The minimum Gasteiger partial charge on any atom is -0.342 e. The summed E-state index contributed by atoms with van der Waals surface area (Å²) in [6, 6.07) is 4.54. The molecule has 0 saturated heterocycles. The maximum atomic E-state index is 12.8. The zero-order valence-corrected chi connectivity index (χ0v) is 8.98. The molecule has 2 aromatic rings. The van der Waals surface area contributed by atoms with Crippen LogP contribution in [0, 0.1) is 5.82 Å². The second-order valence-corrected chi connectivity index (χ2v) is 3.24. The van der Waals surface area contributed by atoms with Gasteiger partial charge < -0.3 is 10.7 Å². The highest BCUT2D eigenvalue weighted by Gasteiger charge is 2.02. The first-order valence-corrected chi connectivity index (χ1v) is 4.64. The van der Waals surface area contributed by atoms with Crippen molar-refractivity contribution in [3.05, 3.63) is 29.8 Å². The number of imidazole rings is 1. The van der Waals surface area contributed by atoms with Gasteiger partial charge in [0.25, 0.3) is 0 Å². The van der Waals surface area contributed by atoms with Crippen molar-refractivity contribution in [1.29, 1.82) is 0 Å². The van der Waals surface area contributed by atoms with Crippen LogP contribution in [-0.4, -0.2) is 16.5 Å². The van der Waals surface area contributed by atoms with Crippen molar-refractivity contribution in [2.45, 2.75) is 12.8 Å². The predicted molar refractivity (Wildman–Crippen MR) is 60.7 cm³/mol. The summed E-state index contributed by atoms with van der Waals surface area (Å²) < 4.78 is 12.8. The summed E-state index contributed by atoms with van der Waals surface area (Å²) in [5, 5.41) is 0. The number of nitrogens with two attached hydrogens (primary N) is 1. The molecule has 0 amide bonds. The number of aryl methyl sites for hydroxylation is 1. The fourth-order valence-corrected chi connectivity index (χ4v) is 1.42. The summed E-state index contributed by atoms with van der Waals surface area (Å²) >= 11 is 0. The molecule has 0 bridgehead atoms. The number of aromatic amines is 1. The molecular formula is C10H13ClFN3. The van der Waals surface area contributed by atoms with Gasteiger partial charge in [-0.05, 0) is 31.2 Å². The summed E-state index contributed by atoms with van der Waals surface area (Å²) in [4.78, 5) is 7.38. The molecule has 0 spiro atoms. The van der Waals surface area contributed by atoms with Crippen molar-refractivity contribution in [2.24, 2.45) is 5.73 Å². The molecule has 0 atom stereocenters. The van der Waals surface area contributed by atoms with Crippen molar-refractivity contribution < 1.29 is 4.39 Å². The van der Waals surface area contributed by atoms with E-state index in [9.17, 15) is 4.39 Å². The second kappa shape index (κ2) is 5.09. The summed E-state index contributed by atoms with van der Waals surface area (Å²) in [7, 11) is 0. The molecule has 0 aliphatic carbocycles. The highest BCUT2D eigenvalue weighted by Crippen LogP contribution is 2.13. The summed E-state index contributed by atoms with van der Waals surface area (Å²) in [5.41, 5.74) is 6.94. The van der Waals surface area contributed by atoms with E-state index < -0.39 is 0 Å². The molecule has 15 heavy (non-hydrogen) atoms. The Morgan fingerprint density at radius 2 is 2.20 bits per heavy atom. The Morgan fingerprint density at radius 1 is 1.40 bits per heavy atom. The Labute approximate surface area is 93.3 Å². The zero-order valence-electron chi connectivity index (χ0n) is 8.16. The van der Waals surface area contributed by atoms with Gasteiger partial charge >= 0.3 is 0 Å². The third-order valence-electron chi connectivity index (χ3n) is 2.11. The smallest absolute Gasteiger partial charge is 0.125 e. The van der Waals surface area contributed by atoms with Crippen LogP contribution in [-0.2, 0) is 6.42 Å². The molecule has 1 aromatic carbocycles. The van der Waals surface area contributed by atoms with Crippen LogP contribution < -0.4 is 5.73 Å². The predicted octanol–water partition coefficient (Wildman–Crippen LogP) is 2.02. The summed E-state index contributed by atoms with van der Waals surface area (Å²) in [5.74, 6) is 0.627. The third kappa shape index (κ3) is 2.67. The SMILES string of the molecule is Cl.NCCCc1nc2ccc(F)cc2[nH]1. The van der Waals surface area contributed by atoms with Crippen LogP contribution in [0.25, 0.3) is 11.0 Å². The van der Waals surface area contributed by atoms with Crippen molar-refractivity contribution in [2.75, 3.05) is 6.54 Å². The molecule has 3 N–H and O–H groups in total. The maximum absolute atomic E-state index is 12.8. The number of halogens is 2. The number of nitrogens with zero attached hydrogens (tertiary/aromatic N) is 1. The van der Waals surface area contributed by atoms with Crippen LogP contribution in [0.1, 0.15) is 12.2 Å². The van der Waals surface area contributed by atoms with E-state index in [1.807, 2.05) is 0 Å². The van der Waals surface area contributed by atoms with E-state index in [1.165, 1.54) is 12.1 Å². The molecule has 1 heterocycles. The standard InChI is InChI=1S/C10H12FN3.ClH/c11-7-3-4-8-9(6-7)14-10(13-8)2-1-5-12;/h3-4,6H,1-2,5,12H2,(H,13,14);1H. The van der Waals surface area contributed by atoms with Crippen LogP contribution in [0.5, 0.6) is 0 Å². The molecule has 1 aromatic heterocycles. The quantitative estimate of drug-likeness (QED) is 0.846. The minimum absolute atomic E-state index is 0. The Kier molecular flexibility index (Phi) is 4.05. The minimum atomic E-state index is -0.244. The first kappa shape index (κ1) is 11.9. The highest BCUT2D eigenvalue weighted by atomic mass is 35.5. The maximum Gasteiger partial charge on any atom is 0.125 e. The third-order valence-corrected chi connectivity index (χ3v) is 2.11. The summed E-state index contributed by atoms with van der Waals surface area (Å²) in [6.07, 6.45) is 1.70. The van der Waals surface area contributed by atoms with Gasteiger partial charge in [-0.15, -0.1) is 12.4 Å². The molecule has 2 rings (SSSR count). The van der Waals surface area contributed by atoms with Gasteiger partial charge in [-0.1, -0.05) is 0 Å². The molecule has 0 aliphatic rings. The zero-order chi connectivity index (χ0) is 9.97. The number of H-pyrrole nitrogens is 1. The van der Waals surface area contributed by atoms with Crippen LogP contribution in [0.4, 0.5) is 4.39 Å². The number of nitrogens with one attached hydrogen (secondary N) is 1. The Morgan fingerprint density at radius 3 is 2.93 bits per heavy atom. The van der Waals surface area contributed by atoms with Crippen LogP contribution >= 0.6 is 12.4 Å². The topological polar surface area (TPSA) is 54.7 Å². The van der Waals surface area contributed by atoms with E-state index in [0.717, 1.165) is 29.7 Å². The highest BCUT2D eigenvalue weighted by molar-refractivity contribution is 5.85. The lowest BCUT2D eigenvalue weighted by molar-refractivity contribution is 0.629. The molecule has 5 heteroatoms. The molecule has 0 unspecified atom stereocenters. The van der Waals surface area contributed by atoms with Crippen LogP contribution in [0.15, 0.2) is 18.2 Å². The first-order valence-electron chi connectivity index (χ1n) is 4.64. The van der Waals surface area contributed by atoms with Gasteiger partial charge in [-0.2, -0.15) is 0 Å². The van der Waals surface area contributed by atoms with E-state index in [2.05, 4.69) is 9.97 Å². The fourth-order valence-electron chi connectivity index (χ4n) is 1.42. The van der Waals surface area contributed by atoms with Gasteiger partial charge in [0.05, 0.1) is 11.0 Å². The van der Waals surface area contributed by atoms with Crippen LogP contribution in [0.3, 0.4) is 0 Å². The number of aromatic nitrogens is 2. The van der Waals surface area contributed by atoms with Gasteiger partial charge in [0.2, 0.25) is 0 Å². The average Bonchev–Trinajstić information content (AvgIpc) is 2.56. The normalized spacial score (nSPS) is 10.3. The monoisotopic (exact) mass is 229 g/mol. The molecule has 0 saturated carbocycles. The fraction of sp³-hybridized carbons (Fsp3) is 0.300. The van der Waals surface area contributed by atoms with Gasteiger partial charge in [0.15, 0.2) is 0 Å². The second-order valence-electron chi connectivity index (χ2n) is 3.24.